The number of hydrogen-bond donors (Lipinski definition) is 2. The molecule has 2 nitrogen and oxygen atoms in total. The highest BCUT2D eigenvalue weighted by Crippen LogP contribution is 2.22. The number of aliphatic hydroxyl groups is 1. The number of nitrogens with one attached hydrogen (secondary N) is 1. The maximum absolute atomic E-state index is 9.08. The minimum Gasteiger partial charge on any atom is -0.396 e. The Bertz CT molecular complexity index is 337. The van der Waals surface area contributed by atoms with E-state index < -0.39 is 0 Å². The van der Waals surface area contributed by atoms with Crippen LogP contribution in [0.2, 0.25) is 0 Å². The highest BCUT2D eigenvalue weighted by Gasteiger charge is 2.08. The third-order valence-corrected chi connectivity index (χ3v) is 4.33. The van der Waals surface area contributed by atoms with Crippen LogP contribution in [-0.2, 0) is 0 Å². The van der Waals surface area contributed by atoms with Crippen molar-refractivity contribution in [3.05, 3.63) is 29.8 Å². The highest BCUT2D eigenvalue weighted by molar-refractivity contribution is 7.99. The molecule has 3 heteroatoms. The second-order valence-electron chi connectivity index (χ2n) is 5.20. The van der Waals surface area contributed by atoms with Crippen molar-refractivity contribution in [1.29, 1.82) is 0 Å². The van der Waals surface area contributed by atoms with Crippen molar-refractivity contribution in [2.45, 2.75) is 50.5 Å². The monoisotopic (exact) mass is 281 g/mol. The van der Waals surface area contributed by atoms with Gasteiger partial charge in [0.1, 0.15) is 0 Å². The average Bonchev–Trinajstić information content (AvgIpc) is 2.42. The molecule has 0 aliphatic carbocycles. The van der Waals surface area contributed by atoms with E-state index in [0.29, 0.717) is 12.0 Å². The van der Waals surface area contributed by atoms with Crippen LogP contribution in [0.4, 0.5) is 0 Å². The topological polar surface area (TPSA) is 32.3 Å². The van der Waals surface area contributed by atoms with Crippen LogP contribution in [0.15, 0.2) is 29.2 Å². The summed E-state index contributed by atoms with van der Waals surface area (Å²) in [7, 11) is 0. The van der Waals surface area contributed by atoms with E-state index in [9.17, 15) is 0 Å². The molecule has 1 rings (SSSR count). The molecular formula is C16H27NOS. The third kappa shape index (κ3) is 6.46. The molecule has 1 aromatic rings. The van der Waals surface area contributed by atoms with Crippen LogP contribution in [0.5, 0.6) is 0 Å². The molecule has 1 atom stereocenters. The zero-order chi connectivity index (χ0) is 14.1. The standard InChI is InChI=1S/C16H27NOS/c1-4-10-17-15(9-11-18)12-19-16-7-5-14(6-8-16)13(2)3/h5-8,13,15,17-18H,4,9-12H2,1-3H3. The number of rotatable bonds is 9. The fraction of sp³-hybridized carbons (Fsp3) is 0.625. The van der Waals surface area contributed by atoms with E-state index in [4.69, 9.17) is 5.11 Å². The van der Waals surface area contributed by atoms with Crippen molar-refractivity contribution in [3.63, 3.8) is 0 Å². The van der Waals surface area contributed by atoms with Crippen LogP contribution in [0.25, 0.3) is 0 Å². The third-order valence-electron chi connectivity index (χ3n) is 3.16. The SMILES string of the molecule is CCCNC(CCO)CSc1ccc(C(C)C)cc1. The van der Waals surface area contributed by atoms with E-state index in [0.717, 1.165) is 25.1 Å². The molecule has 108 valence electrons. The molecule has 1 aromatic carbocycles. The number of hydrogen-bond acceptors (Lipinski definition) is 3. The highest BCUT2D eigenvalue weighted by atomic mass is 32.2. The lowest BCUT2D eigenvalue weighted by molar-refractivity contribution is 0.270. The molecule has 0 aliphatic rings. The summed E-state index contributed by atoms with van der Waals surface area (Å²) in [5.41, 5.74) is 1.39. The Morgan fingerprint density at radius 3 is 2.42 bits per heavy atom. The normalized spacial score (nSPS) is 12.9. The molecule has 19 heavy (non-hydrogen) atoms. The zero-order valence-corrected chi connectivity index (χ0v) is 13.2. The maximum Gasteiger partial charge on any atom is 0.0446 e. The van der Waals surface area contributed by atoms with Crippen LogP contribution in [-0.4, -0.2) is 30.1 Å². The van der Waals surface area contributed by atoms with Crippen molar-refractivity contribution in [2.75, 3.05) is 18.9 Å². The lowest BCUT2D eigenvalue weighted by Crippen LogP contribution is -2.32. The minimum atomic E-state index is 0.258. The van der Waals surface area contributed by atoms with Gasteiger partial charge < -0.3 is 10.4 Å². The van der Waals surface area contributed by atoms with Gasteiger partial charge in [-0.1, -0.05) is 32.9 Å². The lowest BCUT2D eigenvalue weighted by Gasteiger charge is -2.17. The molecule has 0 fully saturated rings. The van der Waals surface area contributed by atoms with Crippen molar-refractivity contribution in [1.82, 2.24) is 5.32 Å². The van der Waals surface area contributed by atoms with Gasteiger partial charge >= 0.3 is 0 Å². The van der Waals surface area contributed by atoms with Crippen molar-refractivity contribution in [2.24, 2.45) is 0 Å². The smallest absolute Gasteiger partial charge is 0.0446 e. The number of benzene rings is 1. The maximum atomic E-state index is 9.08. The Balaban J connectivity index is 2.44. The largest absolute Gasteiger partial charge is 0.396 e. The fourth-order valence-corrected chi connectivity index (χ4v) is 2.90. The molecule has 0 amide bonds. The lowest BCUT2D eigenvalue weighted by atomic mass is 10.0. The van der Waals surface area contributed by atoms with Gasteiger partial charge in [-0.3, -0.25) is 0 Å². The summed E-state index contributed by atoms with van der Waals surface area (Å²) in [6, 6.07) is 9.24. The average molecular weight is 281 g/mol. The molecule has 1 unspecified atom stereocenters. The van der Waals surface area contributed by atoms with Gasteiger partial charge in [-0.25, -0.2) is 0 Å². The second-order valence-corrected chi connectivity index (χ2v) is 6.29. The summed E-state index contributed by atoms with van der Waals surface area (Å²) in [5.74, 6) is 1.61. The van der Waals surface area contributed by atoms with E-state index in [1.807, 2.05) is 11.8 Å². The molecule has 0 aliphatic heterocycles. The molecule has 0 saturated carbocycles. The Morgan fingerprint density at radius 2 is 1.89 bits per heavy atom. The van der Waals surface area contributed by atoms with Gasteiger partial charge in [-0.15, -0.1) is 11.8 Å². The summed E-state index contributed by atoms with van der Waals surface area (Å²) in [6.07, 6.45) is 1.97. The second kappa shape index (κ2) is 9.40. The number of thioether (sulfide) groups is 1. The molecule has 2 N–H and O–H groups in total. The zero-order valence-electron chi connectivity index (χ0n) is 12.4. The van der Waals surface area contributed by atoms with Crippen molar-refractivity contribution in [3.8, 4) is 0 Å². The summed E-state index contributed by atoms with van der Waals surface area (Å²) >= 11 is 1.87. The Morgan fingerprint density at radius 1 is 1.21 bits per heavy atom. The molecule has 0 radical (unpaired) electrons. The van der Waals surface area contributed by atoms with Gasteiger partial charge in [0.25, 0.3) is 0 Å². The summed E-state index contributed by atoms with van der Waals surface area (Å²) in [4.78, 5) is 1.31. The quantitative estimate of drug-likeness (QED) is 0.678. The van der Waals surface area contributed by atoms with Gasteiger partial charge in [0.05, 0.1) is 0 Å². The number of aliphatic hydroxyl groups excluding tert-OH is 1. The van der Waals surface area contributed by atoms with Crippen molar-refractivity contribution < 1.29 is 5.11 Å². The summed E-state index contributed by atoms with van der Waals surface area (Å²) < 4.78 is 0. The first-order valence-electron chi connectivity index (χ1n) is 7.24. The first-order chi connectivity index (χ1) is 9.17. The Kier molecular flexibility index (Phi) is 8.19. The van der Waals surface area contributed by atoms with E-state index in [1.165, 1.54) is 10.5 Å². The summed E-state index contributed by atoms with van der Waals surface area (Å²) in [6.45, 7) is 7.88. The Labute approximate surface area is 122 Å². The predicted molar refractivity (Wildman–Crippen MR) is 85.0 cm³/mol. The molecule has 0 saturated heterocycles. The molecule has 0 heterocycles. The molecule has 0 spiro atoms. The van der Waals surface area contributed by atoms with Crippen LogP contribution < -0.4 is 5.32 Å². The molecule has 0 bridgehead atoms. The first kappa shape index (κ1) is 16.5. The van der Waals surface area contributed by atoms with Gasteiger partial charge in [0.2, 0.25) is 0 Å². The van der Waals surface area contributed by atoms with E-state index in [1.54, 1.807) is 0 Å². The first-order valence-corrected chi connectivity index (χ1v) is 8.23. The minimum absolute atomic E-state index is 0.258. The van der Waals surface area contributed by atoms with Crippen molar-refractivity contribution >= 4 is 11.8 Å². The van der Waals surface area contributed by atoms with Gasteiger partial charge in [-0.2, -0.15) is 0 Å². The van der Waals surface area contributed by atoms with Crippen LogP contribution in [0.1, 0.15) is 45.1 Å². The Hall–Kier alpha value is -0.510. The van der Waals surface area contributed by atoms with Crippen LogP contribution in [0, 0.1) is 0 Å². The molecular weight excluding hydrogens is 254 g/mol. The molecule has 0 aromatic heterocycles. The summed E-state index contributed by atoms with van der Waals surface area (Å²) in [5, 5.41) is 12.6. The predicted octanol–water partition coefficient (Wildman–Crippen LogP) is 3.65. The van der Waals surface area contributed by atoms with Gasteiger partial charge in [-0.05, 0) is 43.0 Å². The van der Waals surface area contributed by atoms with E-state index in [-0.39, 0.29) is 6.61 Å². The van der Waals surface area contributed by atoms with Gasteiger partial charge in [0.15, 0.2) is 0 Å². The van der Waals surface area contributed by atoms with Crippen LogP contribution >= 0.6 is 11.8 Å². The fourth-order valence-electron chi connectivity index (χ4n) is 1.89. The van der Waals surface area contributed by atoms with Gasteiger partial charge in [0, 0.05) is 23.3 Å². The van der Waals surface area contributed by atoms with E-state index in [2.05, 4.69) is 50.4 Å². The van der Waals surface area contributed by atoms with E-state index >= 15 is 0 Å². The van der Waals surface area contributed by atoms with Crippen LogP contribution in [0.3, 0.4) is 0 Å².